The van der Waals surface area contributed by atoms with Crippen molar-refractivity contribution in [2.45, 2.75) is 10.3 Å². The summed E-state index contributed by atoms with van der Waals surface area (Å²) in [7, 11) is 0. The molecule has 0 aromatic heterocycles. The number of carbonyl (C=O) groups is 2. The van der Waals surface area contributed by atoms with Crippen molar-refractivity contribution in [3.8, 4) is 0 Å². The SMILES string of the molecule is Nc1c(F)ccc(NC(=O)c2cc(NC(=O)C3C(c4ccc(F)c(Cl)c4)C3(Cl)Cl)cc(F)c2Cl)c1F. The summed E-state index contributed by atoms with van der Waals surface area (Å²) in [5.74, 6) is -7.55. The van der Waals surface area contributed by atoms with Crippen LogP contribution in [0.1, 0.15) is 21.8 Å². The van der Waals surface area contributed by atoms with Crippen molar-refractivity contribution in [3.63, 3.8) is 0 Å². The normalized spacial score (nSPS) is 18.0. The van der Waals surface area contributed by atoms with Crippen molar-refractivity contribution < 1.29 is 27.2 Å². The number of alkyl halides is 2. The molecule has 2 amide bonds. The molecule has 5 nitrogen and oxygen atoms in total. The minimum absolute atomic E-state index is 0.182. The van der Waals surface area contributed by atoms with Crippen LogP contribution in [0.2, 0.25) is 10.0 Å². The summed E-state index contributed by atoms with van der Waals surface area (Å²) in [6.07, 6.45) is 0. The zero-order valence-electron chi connectivity index (χ0n) is 17.6. The van der Waals surface area contributed by atoms with Crippen molar-refractivity contribution in [2.75, 3.05) is 16.4 Å². The van der Waals surface area contributed by atoms with Gasteiger partial charge in [0.15, 0.2) is 5.82 Å². The first-order valence-corrected chi connectivity index (χ1v) is 11.5. The van der Waals surface area contributed by atoms with E-state index in [9.17, 15) is 27.2 Å². The number of amides is 2. The second-order valence-electron chi connectivity index (χ2n) is 7.89. The number of halogens is 8. The summed E-state index contributed by atoms with van der Waals surface area (Å²) in [5, 5.41) is 3.72. The molecule has 0 heterocycles. The molecular formula is C23H13Cl4F4N3O2. The maximum atomic E-state index is 14.5. The molecule has 0 bridgehead atoms. The molecule has 4 rings (SSSR count). The van der Waals surface area contributed by atoms with Crippen LogP contribution in [-0.2, 0) is 4.79 Å². The second-order valence-corrected chi connectivity index (χ2v) is 10.1. The van der Waals surface area contributed by atoms with E-state index >= 15 is 0 Å². The number of carbonyl (C=O) groups excluding carboxylic acids is 2. The quantitative estimate of drug-likeness (QED) is 0.174. The van der Waals surface area contributed by atoms with Crippen LogP contribution in [0, 0.1) is 29.2 Å². The molecule has 3 aromatic rings. The number of rotatable bonds is 5. The van der Waals surface area contributed by atoms with Gasteiger partial charge in [-0.25, -0.2) is 17.6 Å². The first-order chi connectivity index (χ1) is 16.8. The van der Waals surface area contributed by atoms with E-state index in [4.69, 9.17) is 52.1 Å². The zero-order valence-corrected chi connectivity index (χ0v) is 20.6. The average molecular weight is 581 g/mol. The number of nitrogens with one attached hydrogen (secondary N) is 2. The molecular weight excluding hydrogens is 568 g/mol. The van der Waals surface area contributed by atoms with Crippen LogP contribution in [0.5, 0.6) is 0 Å². The van der Waals surface area contributed by atoms with Crippen molar-refractivity contribution in [2.24, 2.45) is 5.92 Å². The lowest BCUT2D eigenvalue weighted by atomic mass is 10.1. The first kappa shape index (κ1) is 26.3. The van der Waals surface area contributed by atoms with Gasteiger partial charge >= 0.3 is 0 Å². The van der Waals surface area contributed by atoms with Crippen molar-refractivity contribution in [1.82, 2.24) is 0 Å². The summed E-state index contributed by atoms with van der Waals surface area (Å²) < 4.78 is 53.9. The lowest BCUT2D eigenvalue weighted by molar-refractivity contribution is -0.117. The van der Waals surface area contributed by atoms with Crippen LogP contribution in [-0.4, -0.2) is 16.1 Å². The molecule has 1 aliphatic carbocycles. The minimum atomic E-state index is -1.56. The number of anilines is 3. The Kier molecular flexibility index (Phi) is 7.04. The maximum Gasteiger partial charge on any atom is 0.257 e. The molecule has 1 aliphatic rings. The fourth-order valence-electron chi connectivity index (χ4n) is 3.68. The number of nitrogens with two attached hydrogens (primary N) is 1. The van der Waals surface area contributed by atoms with E-state index in [1.165, 1.54) is 12.1 Å². The van der Waals surface area contributed by atoms with Gasteiger partial charge in [-0.1, -0.05) is 29.3 Å². The van der Waals surface area contributed by atoms with Crippen molar-refractivity contribution in [1.29, 1.82) is 0 Å². The van der Waals surface area contributed by atoms with Gasteiger partial charge in [-0.2, -0.15) is 0 Å². The number of nitrogen functional groups attached to an aromatic ring is 1. The number of hydrogen-bond donors (Lipinski definition) is 3. The third-order valence-corrected chi connectivity index (χ3v) is 7.17. The molecule has 0 spiro atoms. The molecule has 188 valence electrons. The van der Waals surface area contributed by atoms with Gasteiger partial charge in [-0.05, 0) is 42.0 Å². The van der Waals surface area contributed by atoms with E-state index in [1.807, 2.05) is 0 Å². The first-order valence-electron chi connectivity index (χ1n) is 10.0. The Labute approximate surface area is 221 Å². The van der Waals surface area contributed by atoms with Gasteiger partial charge in [0, 0.05) is 11.6 Å². The zero-order chi connectivity index (χ0) is 26.5. The monoisotopic (exact) mass is 579 g/mol. The predicted octanol–water partition coefficient (Wildman–Crippen LogP) is 6.91. The second kappa shape index (κ2) is 9.63. The summed E-state index contributed by atoms with van der Waals surface area (Å²) in [6.45, 7) is 0. The maximum absolute atomic E-state index is 14.5. The molecule has 3 aromatic carbocycles. The highest BCUT2D eigenvalue weighted by Crippen LogP contribution is 2.65. The lowest BCUT2D eigenvalue weighted by Crippen LogP contribution is -2.19. The summed E-state index contributed by atoms with van der Waals surface area (Å²) in [4.78, 5) is 25.5. The van der Waals surface area contributed by atoms with Gasteiger partial charge in [-0.3, -0.25) is 9.59 Å². The van der Waals surface area contributed by atoms with E-state index in [0.717, 1.165) is 30.3 Å². The fourth-order valence-corrected chi connectivity index (χ4v) is 4.89. The smallest absolute Gasteiger partial charge is 0.257 e. The highest BCUT2D eigenvalue weighted by molar-refractivity contribution is 6.53. The third-order valence-electron chi connectivity index (χ3n) is 5.55. The van der Waals surface area contributed by atoms with Gasteiger partial charge in [0.2, 0.25) is 5.91 Å². The van der Waals surface area contributed by atoms with E-state index in [0.29, 0.717) is 5.56 Å². The largest absolute Gasteiger partial charge is 0.394 e. The van der Waals surface area contributed by atoms with Crippen LogP contribution < -0.4 is 16.4 Å². The molecule has 13 heteroatoms. The Morgan fingerprint density at radius 3 is 2.22 bits per heavy atom. The average Bonchev–Trinajstić information content (AvgIpc) is 3.40. The molecule has 36 heavy (non-hydrogen) atoms. The van der Waals surface area contributed by atoms with Crippen LogP contribution in [0.4, 0.5) is 34.6 Å². The predicted molar refractivity (Wildman–Crippen MR) is 131 cm³/mol. The Morgan fingerprint density at radius 2 is 1.56 bits per heavy atom. The highest BCUT2D eigenvalue weighted by Gasteiger charge is 2.67. The molecule has 4 N–H and O–H groups in total. The van der Waals surface area contributed by atoms with Gasteiger partial charge in [-0.15, -0.1) is 23.2 Å². The molecule has 2 atom stereocenters. The fraction of sp³-hybridized carbons (Fsp3) is 0.130. The Balaban J connectivity index is 1.56. The Morgan fingerprint density at radius 1 is 0.889 bits per heavy atom. The molecule has 1 fully saturated rings. The molecule has 0 aliphatic heterocycles. The van der Waals surface area contributed by atoms with E-state index in [1.54, 1.807) is 0 Å². The van der Waals surface area contributed by atoms with Gasteiger partial charge < -0.3 is 16.4 Å². The Bertz CT molecular complexity index is 1420. The topological polar surface area (TPSA) is 84.2 Å². The van der Waals surface area contributed by atoms with Gasteiger partial charge in [0.1, 0.15) is 27.5 Å². The number of benzene rings is 3. The summed E-state index contributed by atoms with van der Waals surface area (Å²) >= 11 is 24.2. The van der Waals surface area contributed by atoms with Crippen molar-refractivity contribution >= 4 is 75.3 Å². The summed E-state index contributed by atoms with van der Waals surface area (Å²) in [5.41, 5.74) is 3.74. The third kappa shape index (κ3) is 4.80. The van der Waals surface area contributed by atoms with Crippen molar-refractivity contribution in [3.05, 3.63) is 86.9 Å². The van der Waals surface area contributed by atoms with E-state index < -0.39 is 73.2 Å². The highest BCUT2D eigenvalue weighted by atomic mass is 35.5. The lowest BCUT2D eigenvalue weighted by Gasteiger charge is -2.12. The van der Waals surface area contributed by atoms with E-state index in [2.05, 4.69) is 10.6 Å². The standard InChI is InChI=1S/C23H13Cl4F4N3O2/c24-11-5-8(1-2-12(11)28)16-17(23(16,26)27)22(36)33-9-6-10(18(25)14(30)7-9)21(35)34-15-4-3-13(29)20(32)19(15)31/h1-7,16-17H,32H2,(H,33,36)(H,34,35). The Hall–Kier alpha value is -2.72. The van der Waals surface area contributed by atoms with Crippen LogP contribution in [0.15, 0.2) is 42.5 Å². The van der Waals surface area contributed by atoms with Gasteiger partial charge in [0.25, 0.3) is 5.91 Å². The molecule has 1 saturated carbocycles. The molecule has 0 radical (unpaired) electrons. The van der Waals surface area contributed by atoms with E-state index in [-0.39, 0.29) is 10.7 Å². The van der Waals surface area contributed by atoms with Crippen LogP contribution in [0.25, 0.3) is 0 Å². The molecule has 0 saturated heterocycles. The van der Waals surface area contributed by atoms with Gasteiger partial charge in [0.05, 0.1) is 27.2 Å². The minimum Gasteiger partial charge on any atom is -0.394 e. The number of hydrogen-bond acceptors (Lipinski definition) is 3. The van der Waals surface area contributed by atoms with Crippen LogP contribution >= 0.6 is 46.4 Å². The van der Waals surface area contributed by atoms with Crippen LogP contribution in [0.3, 0.4) is 0 Å². The molecule has 2 unspecified atom stereocenters. The summed E-state index contributed by atoms with van der Waals surface area (Å²) in [6, 6.07) is 7.42.